The molecule has 1 aromatic heterocycles. The van der Waals surface area contributed by atoms with Crippen LogP contribution >= 0.6 is 0 Å². The molecule has 0 aliphatic heterocycles. The highest BCUT2D eigenvalue weighted by Gasteiger charge is 2.17. The van der Waals surface area contributed by atoms with Gasteiger partial charge in [-0.25, -0.2) is 13.1 Å². The van der Waals surface area contributed by atoms with Crippen LogP contribution in [0.3, 0.4) is 0 Å². The van der Waals surface area contributed by atoms with E-state index in [0.29, 0.717) is 22.7 Å². The van der Waals surface area contributed by atoms with Crippen LogP contribution in [0.15, 0.2) is 78.0 Å². The second-order valence-electron chi connectivity index (χ2n) is 7.91. The first-order chi connectivity index (χ1) is 15.2. The minimum absolute atomic E-state index is 0.266. The Bertz CT molecular complexity index is 1370. The third-order valence-corrected chi connectivity index (χ3v) is 6.66. The van der Waals surface area contributed by atoms with Gasteiger partial charge in [0.1, 0.15) is 5.75 Å². The molecule has 7 heteroatoms. The Hall–Kier alpha value is -3.58. The van der Waals surface area contributed by atoms with Crippen molar-refractivity contribution in [3.63, 3.8) is 0 Å². The molecule has 0 saturated carbocycles. The fourth-order valence-corrected chi connectivity index (χ4v) is 4.88. The number of sulfonamides is 1. The zero-order valence-corrected chi connectivity index (χ0v) is 19.3. The van der Waals surface area contributed by atoms with Crippen LogP contribution in [0, 0.1) is 27.7 Å². The minimum atomic E-state index is -3.67. The Morgan fingerprint density at radius 2 is 1.47 bits per heavy atom. The highest BCUT2D eigenvalue weighted by atomic mass is 32.2. The first kappa shape index (κ1) is 21.6. The Balaban J connectivity index is 1.47. The molecule has 0 radical (unpaired) electrons. The van der Waals surface area contributed by atoms with Crippen LogP contribution in [0.5, 0.6) is 11.5 Å². The molecule has 0 atom stereocenters. The van der Waals surface area contributed by atoms with Crippen molar-refractivity contribution >= 4 is 15.7 Å². The lowest BCUT2D eigenvalue weighted by Gasteiger charge is -2.11. The summed E-state index contributed by atoms with van der Waals surface area (Å²) in [5.74, 6) is 1.17. The fourth-order valence-electron chi connectivity index (χ4n) is 3.59. The predicted octanol–water partition coefficient (Wildman–Crippen LogP) is 5.70. The molecule has 4 rings (SSSR count). The number of hydrogen-bond donors (Lipinski definition) is 1. The van der Waals surface area contributed by atoms with Gasteiger partial charge < -0.3 is 4.74 Å². The normalized spacial score (nSPS) is 11.4. The molecule has 3 aromatic carbocycles. The van der Waals surface area contributed by atoms with Gasteiger partial charge in [-0.15, -0.1) is 0 Å². The van der Waals surface area contributed by atoms with E-state index in [1.807, 2.05) is 38.2 Å². The Morgan fingerprint density at radius 1 is 0.812 bits per heavy atom. The van der Waals surface area contributed by atoms with Crippen molar-refractivity contribution < 1.29 is 13.2 Å². The molecule has 0 saturated heterocycles. The molecule has 0 aliphatic carbocycles. The first-order valence-corrected chi connectivity index (χ1v) is 11.7. The van der Waals surface area contributed by atoms with Gasteiger partial charge in [0.05, 0.1) is 23.0 Å². The van der Waals surface area contributed by atoms with E-state index in [0.717, 1.165) is 16.8 Å². The Labute approximate surface area is 188 Å². The van der Waals surface area contributed by atoms with Crippen molar-refractivity contribution in [2.75, 3.05) is 4.72 Å². The standard InChI is InChI=1S/C25H25N3O3S/c1-17-5-11-24(19(3)13-17)28-16-23(15-26-28)31-22-9-7-21(8-10-22)27-32(29,30)25-12-6-18(2)14-20(25)4/h5-16,27H,1-4H3. The van der Waals surface area contributed by atoms with E-state index in [2.05, 4.69) is 22.8 Å². The number of aromatic nitrogens is 2. The molecule has 0 aliphatic rings. The minimum Gasteiger partial charge on any atom is -0.454 e. The molecule has 164 valence electrons. The molecule has 32 heavy (non-hydrogen) atoms. The van der Waals surface area contributed by atoms with Crippen molar-refractivity contribution in [3.05, 3.63) is 95.3 Å². The zero-order chi connectivity index (χ0) is 22.9. The van der Waals surface area contributed by atoms with E-state index < -0.39 is 10.0 Å². The highest BCUT2D eigenvalue weighted by Crippen LogP contribution is 2.26. The molecule has 1 N–H and O–H groups in total. The van der Waals surface area contributed by atoms with Crippen molar-refractivity contribution in [2.24, 2.45) is 0 Å². The number of nitrogens with one attached hydrogen (secondary N) is 1. The van der Waals surface area contributed by atoms with Gasteiger partial charge in [0.25, 0.3) is 10.0 Å². The molecular weight excluding hydrogens is 422 g/mol. The summed E-state index contributed by atoms with van der Waals surface area (Å²) in [6.07, 6.45) is 3.46. The van der Waals surface area contributed by atoms with Crippen molar-refractivity contribution in [3.8, 4) is 17.2 Å². The van der Waals surface area contributed by atoms with Crippen molar-refractivity contribution in [1.29, 1.82) is 0 Å². The van der Waals surface area contributed by atoms with Gasteiger partial charge in [0.2, 0.25) is 0 Å². The smallest absolute Gasteiger partial charge is 0.262 e. The Kier molecular flexibility index (Phi) is 5.76. The average molecular weight is 448 g/mol. The summed E-state index contributed by atoms with van der Waals surface area (Å²) in [6.45, 7) is 7.82. The van der Waals surface area contributed by atoms with Gasteiger partial charge >= 0.3 is 0 Å². The molecule has 0 amide bonds. The van der Waals surface area contributed by atoms with E-state index in [9.17, 15) is 8.42 Å². The summed E-state index contributed by atoms with van der Waals surface area (Å²) < 4.78 is 35.8. The molecule has 0 spiro atoms. The monoisotopic (exact) mass is 447 g/mol. The molecule has 1 heterocycles. The van der Waals surface area contributed by atoms with Gasteiger partial charge in [-0.05, 0) is 75.2 Å². The first-order valence-electron chi connectivity index (χ1n) is 10.2. The lowest BCUT2D eigenvalue weighted by molar-refractivity contribution is 0.482. The average Bonchev–Trinajstić information content (AvgIpc) is 3.17. The largest absolute Gasteiger partial charge is 0.454 e. The SMILES string of the molecule is Cc1ccc(-n2cc(Oc3ccc(NS(=O)(=O)c4ccc(C)cc4C)cc3)cn2)c(C)c1. The molecule has 4 aromatic rings. The van der Waals surface area contributed by atoms with Gasteiger partial charge in [-0.3, -0.25) is 4.72 Å². The topological polar surface area (TPSA) is 73.2 Å². The van der Waals surface area contributed by atoms with Gasteiger partial charge in [-0.1, -0.05) is 35.4 Å². The van der Waals surface area contributed by atoms with Gasteiger partial charge in [0.15, 0.2) is 5.75 Å². The van der Waals surface area contributed by atoms with Crippen molar-refractivity contribution in [2.45, 2.75) is 32.6 Å². The van der Waals surface area contributed by atoms with Gasteiger partial charge in [0, 0.05) is 5.69 Å². The lowest BCUT2D eigenvalue weighted by Crippen LogP contribution is -2.14. The van der Waals surface area contributed by atoms with Crippen LogP contribution < -0.4 is 9.46 Å². The molecule has 0 unspecified atom stereocenters. The number of anilines is 1. The maximum absolute atomic E-state index is 12.7. The molecule has 0 fully saturated rings. The number of ether oxygens (including phenoxy) is 1. The van der Waals surface area contributed by atoms with Crippen LogP contribution in [0.25, 0.3) is 5.69 Å². The summed E-state index contributed by atoms with van der Waals surface area (Å²) in [4.78, 5) is 0.266. The summed E-state index contributed by atoms with van der Waals surface area (Å²) in [5.41, 5.74) is 5.50. The maximum atomic E-state index is 12.7. The van der Waals surface area contributed by atoms with E-state index in [4.69, 9.17) is 4.74 Å². The fraction of sp³-hybridized carbons (Fsp3) is 0.160. The summed E-state index contributed by atoms with van der Waals surface area (Å²) in [5, 5.41) is 4.39. The summed E-state index contributed by atoms with van der Waals surface area (Å²) in [6, 6.07) is 18.2. The molecule has 6 nitrogen and oxygen atoms in total. The predicted molar refractivity (Wildman–Crippen MR) is 126 cm³/mol. The van der Waals surface area contributed by atoms with E-state index in [1.54, 1.807) is 54.2 Å². The lowest BCUT2D eigenvalue weighted by atomic mass is 10.1. The van der Waals surface area contributed by atoms with Crippen LogP contribution in [-0.4, -0.2) is 18.2 Å². The van der Waals surface area contributed by atoms with Crippen molar-refractivity contribution in [1.82, 2.24) is 9.78 Å². The second-order valence-corrected chi connectivity index (χ2v) is 9.56. The number of hydrogen-bond acceptors (Lipinski definition) is 4. The molecule has 0 bridgehead atoms. The van der Waals surface area contributed by atoms with Gasteiger partial charge in [-0.2, -0.15) is 5.10 Å². The third-order valence-electron chi connectivity index (χ3n) is 5.12. The molecular formula is C25H25N3O3S. The zero-order valence-electron chi connectivity index (χ0n) is 18.5. The quantitative estimate of drug-likeness (QED) is 0.412. The number of rotatable bonds is 6. The highest BCUT2D eigenvalue weighted by molar-refractivity contribution is 7.92. The van der Waals surface area contributed by atoms with Crippen LogP contribution in [0.1, 0.15) is 22.3 Å². The second kappa shape index (κ2) is 8.51. The van der Waals surface area contributed by atoms with E-state index in [-0.39, 0.29) is 4.90 Å². The number of nitrogens with zero attached hydrogens (tertiary/aromatic N) is 2. The maximum Gasteiger partial charge on any atom is 0.262 e. The number of aryl methyl sites for hydroxylation is 4. The Morgan fingerprint density at radius 3 is 2.12 bits per heavy atom. The van der Waals surface area contributed by atoms with Crippen LogP contribution in [0.4, 0.5) is 5.69 Å². The summed E-state index contributed by atoms with van der Waals surface area (Å²) in [7, 11) is -3.67. The van der Waals surface area contributed by atoms with Crippen LogP contribution in [0.2, 0.25) is 0 Å². The number of benzene rings is 3. The summed E-state index contributed by atoms with van der Waals surface area (Å²) >= 11 is 0. The van der Waals surface area contributed by atoms with E-state index in [1.165, 1.54) is 5.56 Å². The van der Waals surface area contributed by atoms with E-state index >= 15 is 0 Å². The third kappa shape index (κ3) is 4.68. The van der Waals surface area contributed by atoms with Crippen LogP contribution in [-0.2, 0) is 10.0 Å².